The number of halogens is 2. The topological polar surface area (TPSA) is 212 Å². The number of carboxylic acid groups (broad SMARTS) is 1. The van der Waals surface area contributed by atoms with Crippen molar-refractivity contribution in [2.24, 2.45) is 5.73 Å². The zero-order chi connectivity index (χ0) is 30.0. The summed E-state index contributed by atoms with van der Waals surface area (Å²) in [6.07, 6.45) is -0.127. The average molecular weight is 575 g/mol. The molecule has 0 aromatic heterocycles. The molecule has 7 N–H and O–H groups in total. The summed E-state index contributed by atoms with van der Waals surface area (Å²) in [6, 6.07) is 2.23. The van der Waals surface area contributed by atoms with Gasteiger partial charge in [0, 0.05) is 26.2 Å². The van der Waals surface area contributed by atoms with Gasteiger partial charge in [0.25, 0.3) is 0 Å². The number of rotatable bonds is 7. The van der Waals surface area contributed by atoms with E-state index in [0.29, 0.717) is 22.6 Å². The highest BCUT2D eigenvalue weighted by Gasteiger charge is 2.41. The Balaban J connectivity index is 1.59. The van der Waals surface area contributed by atoms with Gasteiger partial charge in [-0.1, -0.05) is 12.1 Å². The van der Waals surface area contributed by atoms with E-state index >= 15 is 0 Å². The van der Waals surface area contributed by atoms with E-state index in [0.717, 1.165) is 4.90 Å². The molecule has 2 aromatic rings. The minimum atomic E-state index is -1.89. The number of nitrogens with two attached hydrogens (primary N) is 1. The molecule has 41 heavy (non-hydrogen) atoms. The zero-order valence-corrected chi connectivity index (χ0v) is 21.2. The van der Waals surface area contributed by atoms with E-state index in [-0.39, 0.29) is 43.9 Å². The number of aromatic carboxylic acids is 1. The van der Waals surface area contributed by atoms with Crippen LogP contribution in [0.4, 0.5) is 13.6 Å². The highest BCUT2D eigenvalue weighted by molar-refractivity contribution is 6.47. The van der Waals surface area contributed by atoms with Gasteiger partial charge in [0.2, 0.25) is 5.91 Å². The number of nitrogens with zero attached hydrogens (tertiary/aromatic N) is 2. The number of urea groups is 1. The number of phenols is 1. The number of hydrogen-bond acceptors (Lipinski definition) is 9. The van der Waals surface area contributed by atoms with E-state index in [9.17, 15) is 48.0 Å². The van der Waals surface area contributed by atoms with Crippen LogP contribution >= 0.6 is 0 Å². The third-order valence-corrected chi connectivity index (χ3v) is 6.53. The van der Waals surface area contributed by atoms with E-state index in [1.165, 1.54) is 18.2 Å². The number of fused-ring (bicyclic) bond motifs is 1. The molecular weight excluding hydrogens is 551 g/mol. The number of hydrogen-bond donors (Lipinski definition) is 6. The quantitative estimate of drug-likeness (QED) is 0.173. The number of benzene rings is 2. The third kappa shape index (κ3) is 5.90. The van der Waals surface area contributed by atoms with Crippen molar-refractivity contribution in [2.45, 2.75) is 18.4 Å². The van der Waals surface area contributed by atoms with Gasteiger partial charge in [-0.05, 0) is 35.7 Å². The van der Waals surface area contributed by atoms with Gasteiger partial charge < -0.3 is 41.2 Å². The van der Waals surface area contributed by atoms with Gasteiger partial charge in [-0.2, -0.15) is 0 Å². The molecule has 216 valence electrons. The van der Waals surface area contributed by atoms with Gasteiger partial charge in [-0.3, -0.25) is 19.3 Å². The minimum Gasteiger partial charge on any atom is -0.534 e. The van der Waals surface area contributed by atoms with E-state index in [4.69, 9.17) is 10.4 Å². The van der Waals surface area contributed by atoms with Crippen LogP contribution in [0.5, 0.6) is 11.5 Å². The molecule has 0 saturated carbocycles. The van der Waals surface area contributed by atoms with Gasteiger partial charge in [-0.25, -0.2) is 18.4 Å². The number of carbonyl (C=O) groups excluding carboxylic acids is 4. The number of amides is 5. The van der Waals surface area contributed by atoms with Crippen LogP contribution in [0.3, 0.4) is 0 Å². The molecule has 2 unspecified atom stereocenters. The molecule has 0 bridgehead atoms. The Morgan fingerprint density at radius 1 is 1.15 bits per heavy atom. The Labute approximate surface area is 230 Å². The maximum absolute atomic E-state index is 14.2. The van der Waals surface area contributed by atoms with Crippen molar-refractivity contribution in [2.75, 3.05) is 26.2 Å². The molecule has 2 heterocycles. The number of phenolic OH excluding ortho intramolecular Hbond substituents is 1. The lowest BCUT2D eigenvalue weighted by Gasteiger charge is -2.33. The molecule has 5 amide bonds. The second kappa shape index (κ2) is 11.8. The van der Waals surface area contributed by atoms with Crippen LogP contribution in [-0.2, 0) is 20.8 Å². The summed E-state index contributed by atoms with van der Waals surface area (Å²) in [5.41, 5.74) is 5.03. The van der Waals surface area contributed by atoms with E-state index < -0.39 is 71.8 Å². The first kappa shape index (κ1) is 29.2. The Hall–Kier alpha value is -4.77. The lowest BCUT2D eigenvalue weighted by atomic mass is 9.72. The molecule has 0 spiro atoms. The number of nitrogens with one attached hydrogen (secondary N) is 2. The molecule has 1 fully saturated rings. The molecule has 2 aromatic carbocycles. The highest BCUT2D eigenvalue weighted by atomic mass is 19.1. The lowest BCUT2D eigenvalue weighted by molar-refractivity contribution is -0.153. The van der Waals surface area contributed by atoms with Crippen LogP contribution in [0, 0.1) is 11.6 Å². The SMILES string of the molecule is NCCN1CCN(C(=O)NC(C(=O)NC2Cc3cccc(C(=O)O)c3OB2O)c2cc(F)c(O)c(F)c2)C(=O)C1=O. The molecule has 1 saturated heterocycles. The van der Waals surface area contributed by atoms with Gasteiger partial charge in [0.1, 0.15) is 11.8 Å². The standard InChI is InChI=1S/C24H24BF2N5O9/c26-14-8-12(9-15(27)18(14)33)17(30-24(39)32-7-6-31(5-4-28)21(35)22(32)36)20(34)29-16-10-11-2-1-3-13(23(37)38)19(11)41-25(16)40/h1-3,8-9,16-17,33,40H,4-7,10,28H2,(H,29,34)(H,30,39)(H,37,38). The summed E-state index contributed by atoms with van der Waals surface area (Å²) in [4.78, 5) is 64.4. The Morgan fingerprint density at radius 2 is 1.83 bits per heavy atom. The van der Waals surface area contributed by atoms with E-state index in [1.54, 1.807) is 0 Å². The lowest BCUT2D eigenvalue weighted by Crippen LogP contribution is -2.60. The zero-order valence-electron chi connectivity index (χ0n) is 21.2. The molecule has 0 aliphatic carbocycles. The molecule has 14 nitrogen and oxygen atoms in total. The number of imide groups is 1. The maximum Gasteiger partial charge on any atom is 0.547 e. The van der Waals surface area contributed by atoms with Crippen LogP contribution in [0.2, 0.25) is 0 Å². The molecular formula is C24H24BF2N5O9. The summed E-state index contributed by atoms with van der Waals surface area (Å²) < 4.78 is 33.7. The fraction of sp³-hybridized carbons (Fsp3) is 0.292. The molecule has 0 radical (unpaired) electrons. The van der Waals surface area contributed by atoms with Gasteiger partial charge >= 0.3 is 30.9 Å². The van der Waals surface area contributed by atoms with Crippen molar-refractivity contribution in [3.05, 3.63) is 58.7 Å². The van der Waals surface area contributed by atoms with E-state index in [2.05, 4.69) is 10.6 Å². The van der Waals surface area contributed by atoms with Crippen LogP contribution < -0.4 is 21.0 Å². The largest absolute Gasteiger partial charge is 0.547 e. The summed E-state index contributed by atoms with van der Waals surface area (Å²) in [6.45, 7) is -0.164. The first-order valence-electron chi connectivity index (χ1n) is 12.2. The molecule has 2 atom stereocenters. The van der Waals surface area contributed by atoms with Crippen LogP contribution in [0.15, 0.2) is 30.3 Å². The van der Waals surface area contributed by atoms with E-state index in [1.807, 2.05) is 0 Å². The minimum absolute atomic E-state index is 0.0438. The van der Waals surface area contributed by atoms with Gasteiger partial charge in [-0.15, -0.1) is 0 Å². The monoisotopic (exact) mass is 575 g/mol. The fourth-order valence-corrected chi connectivity index (χ4v) is 4.47. The van der Waals surface area contributed by atoms with Gasteiger partial charge in [0.05, 0.1) is 11.5 Å². The number of piperazine rings is 1. The summed E-state index contributed by atoms with van der Waals surface area (Å²) in [7, 11) is -1.76. The number of carbonyl (C=O) groups is 5. The number of para-hydroxylation sites is 1. The normalized spacial score (nSPS) is 17.5. The fourth-order valence-electron chi connectivity index (χ4n) is 4.47. The molecule has 2 aliphatic rings. The second-order valence-electron chi connectivity index (χ2n) is 9.18. The van der Waals surface area contributed by atoms with Crippen molar-refractivity contribution >= 4 is 36.8 Å². The predicted octanol–water partition coefficient (Wildman–Crippen LogP) is -1.11. The third-order valence-electron chi connectivity index (χ3n) is 6.53. The average Bonchev–Trinajstić information content (AvgIpc) is 2.92. The predicted molar refractivity (Wildman–Crippen MR) is 134 cm³/mol. The Kier molecular flexibility index (Phi) is 8.39. The first-order chi connectivity index (χ1) is 19.4. The number of aromatic hydroxyl groups is 1. The van der Waals surface area contributed by atoms with Gasteiger partial charge in [0.15, 0.2) is 17.4 Å². The van der Waals surface area contributed by atoms with Crippen LogP contribution in [-0.4, -0.2) is 94.0 Å². The van der Waals surface area contributed by atoms with Crippen molar-refractivity contribution in [3.8, 4) is 11.5 Å². The highest BCUT2D eigenvalue weighted by Crippen LogP contribution is 2.31. The van der Waals surface area contributed by atoms with Crippen LogP contribution in [0.1, 0.15) is 27.5 Å². The van der Waals surface area contributed by atoms with Crippen molar-refractivity contribution in [3.63, 3.8) is 0 Å². The molecule has 4 rings (SSSR count). The van der Waals surface area contributed by atoms with Crippen molar-refractivity contribution in [1.82, 2.24) is 20.4 Å². The first-order valence-corrected chi connectivity index (χ1v) is 12.2. The second-order valence-corrected chi connectivity index (χ2v) is 9.18. The molecule has 2 aliphatic heterocycles. The smallest absolute Gasteiger partial charge is 0.534 e. The summed E-state index contributed by atoms with van der Waals surface area (Å²) in [5.74, 6) is -10.2. The van der Waals surface area contributed by atoms with Crippen molar-refractivity contribution < 1.29 is 52.6 Å². The summed E-state index contributed by atoms with van der Waals surface area (Å²) in [5, 5.41) is 33.9. The number of carboxylic acids is 1. The maximum atomic E-state index is 14.2. The van der Waals surface area contributed by atoms with Crippen molar-refractivity contribution in [1.29, 1.82) is 0 Å². The summed E-state index contributed by atoms with van der Waals surface area (Å²) >= 11 is 0. The Bertz CT molecular complexity index is 1400. The Morgan fingerprint density at radius 3 is 2.46 bits per heavy atom. The molecule has 17 heteroatoms. The van der Waals surface area contributed by atoms with Crippen LogP contribution in [0.25, 0.3) is 0 Å².